The Bertz CT molecular complexity index is 329. The van der Waals surface area contributed by atoms with Gasteiger partial charge in [0.25, 0.3) is 0 Å². The van der Waals surface area contributed by atoms with Crippen molar-refractivity contribution in [2.45, 2.75) is 32.1 Å². The van der Waals surface area contributed by atoms with Crippen molar-refractivity contribution in [2.75, 3.05) is 5.73 Å². The van der Waals surface area contributed by atoms with Crippen molar-refractivity contribution >= 4 is 21.6 Å². The highest BCUT2D eigenvalue weighted by atomic mass is 79.9. The van der Waals surface area contributed by atoms with E-state index in [1.54, 1.807) is 0 Å². The molecule has 2 heteroatoms. The minimum Gasteiger partial charge on any atom is -0.398 e. The lowest BCUT2D eigenvalue weighted by Crippen LogP contribution is -1.95. The summed E-state index contributed by atoms with van der Waals surface area (Å²) in [6.45, 7) is 2.15. The molecule has 0 bridgehead atoms. The lowest BCUT2D eigenvalue weighted by molar-refractivity contribution is 1.09. The van der Waals surface area contributed by atoms with Crippen LogP contribution in [0.2, 0.25) is 0 Å². The molecular formula is C11H14BrN. The van der Waals surface area contributed by atoms with Gasteiger partial charge in [-0.15, -0.1) is 0 Å². The van der Waals surface area contributed by atoms with E-state index in [-0.39, 0.29) is 0 Å². The second-order valence-corrected chi connectivity index (χ2v) is 4.55. The van der Waals surface area contributed by atoms with Gasteiger partial charge in [-0.3, -0.25) is 0 Å². The van der Waals surface area contributed by atoms with Gasteiger partial charge in [-0.1, -0.05) is 22.9 Å². The summed E-state index contributed by atoms with van der Waals surface area (Å²) in [6, 6.07) is 4.31. The minimum atomic E-state index is 0.738. The van der Waals surface area contributed by atoms with E-state index in [9.17, 15) is 0 Å². The minimum absolute atomic E-state index is 0.738. The van der Waals surface area contributed by atoms with Crippen LogP contribution in [-0.2, 0) is 6.42 Å². The number of halogens is 1. The normalized spacial score (nSPS) is 16.2. The number of benzene rings is 1. The Hall–Kier alpha value is -0.500. The van der Waals surface area contributed by atoms with Gasteiger partial charge in [0.1, 0.15) is 0 Å². The molecule has 0 saturated heterocycles. The molecule has 70 valence electrons. The average Bonchev–Trinajstić information content (AvgIpc) is 2.91. The van der Waals surface area contributed by atoms with Crippen molar-refractivity contribution in [3.05, 3.63) is 27.7 Å². The molecule has 0 spiro atoms. The summed E-state index contributed by atoms with van der Waals surface area (Å²) in [6.07, 6.45) is 3.65. The summed E-state index contributed by atoms with van der Waals surface area (Å²) in [5.74, 6) is 0.738. The number of anilines is 1. The smallest absolute Gasteiger partial charge is 0.0352 e. The van der Waals surface area contributed by atoms with E-state index in [0.29, 0.717) is 0 Å². The molecule has 1 nitrogen and oxygen atoms in total. The zero-order valence-corrected chi connectivity index (χ0v) is 9.39. The molecule has 0 unspecified atom stereocenters. The average molecular weight is 240 g/mol. The molecule has 1 fully saturated rings. The fourth-order valence-electron chi connectivity index (χ4n) is 1.67. The third kappa shape index (κ3) is 1.73. The van der Waals surface area contributed by atoms with Gasteiger partial charge in [0.2, 0.25) is 0 Å². The van der Waals surface area contributed by atoms with E-state index in [1.807, 2.05) is 0 Å². The predicted octanol–water partition coefficient (Wildman–Crippen LogP) is 3.47. The number of nitrogen functional groups attached to an aromatic ring is 1. The van der Waals surface area contributed by atoms with E-state index in [2.05, 4.69) is 35.0 Å². The molecule has 0 heterocycles. The van der Waals surface area contributed by atoms with Crippen molar-refractivity contribution < 1.29 is 0 Å². The van der Waals surface area contributed by atoms with Crippen molar-refractivity contribution in [1.82, 2.24) is 0 Å². The highest BCUT2D eigenvalue weighted by Gasteiger charge is 2.25. The summed E-state index contributed by atoms with van der Waals surface area (Å²) in [7, 11) is 0. The Morgan fingerprint density at radius 3 is 2.69 bits per heavy atom. The molecule has 0 radical (unpaired) electrons. The van der Waals surface area contributed by atoms with Crippen LogP contribution in [0.3, 0.4) is 0 Å². The fraction of sp³-hybridized carbons (Fsp3) is 0.455. The summed E-state index contributed by atoms with van der Waals surface area (Å²) < 4.78 is 1.21. The second-order valence-electron chi connectivity index (χ2n) is 3.70. The number of aryl methyl sites for hydroxylation is 1. The molecule has 0 atom stereocenters. The summed E-state index contributed by atoms with van der Waals surface area (Å²) >= 11 is 3.58. The summed E-state index contributed by atoms with van der Waals surface area (Å²) in [4.78, 5) is 0. The summed E-state index contributed by atoms with van der Waals surface area (Å²) in [5, 5.41) is 0. The van der Waals surface area contributed by atoms with E-state index < -0.39 is 0 Å². The lowest BCUT2D eigenvalue weighted by atomic mass is 10.0. The molecule has 0 aromatic heterocycles. The highest BCUT2D eigenvalue weighted by molar-refractivity contribution is 9.10. The van der Waals surface area contributed by atoms with Crippen LogP contribution in [0.1, 0.15) is 36.8 Å². The third-order valence-corrected chi connectivity index (χ3v) is 3.39. The van der Waals surface area contributed by atoms with Crippen LogP contribution in [0.5, 0.6) is 0 Å². The van der Waals surface area contributed by atoms with Gasteiger partial charge in [0.15, 0.2) is 0 Å². The van der Waals surface area contributed by atoms with Crippen molar-refractivity contribution in [2.24, 2.45) is 0 Å². The molecule has 0 amide bonds. The maximum atomic E-state index is 5.99. The van der Waals surface area contributed by atoms with Gasteiger partial charge in [-0.25, -0.2) is 0 Å². The third-order valence-electron chi connectivity index (χ3n) is 2.65. The Balaban J connectivity index is 2.42. The van der Waals surface area contributed by atoms with Crippen molar-refractivity contribution in [3.8, 4) is 0 Å². The van der Waals surface area contributed by atoms with Gasteiger partial charge >= 0.3 is 0 Å². The maximum absolute atomic E-state index is 5.99. The molecule has 2 rings (SSSR count). The highest BCUT2D eigenvalue weighted by Crippen LogP contribution is 2.44. The number of nitrogens with two attached hydrogens (primary N) is 1. The van der Waals surface area contributed by atoms with Gasteiger partial charge in [-0.2, -0.15) is 0 Å². The Labute approximate surface area is 87.5 Å². The second kappa shape index (κ2) is 3.33. The van der Waals surface area contributed by atoms with Crippen molar-refractivity contribution in [3.63, 3.8) is 0 Å². The zero-order valence-electron chi connectivity index (χ0n) is 7.81. The zero-order chi connectivity index (χ0) is 9.42. The first-order valence-corrected chi connectivity index (χ1v) is 5.59. The molecule has 1 aliphatic rings. The quantitative estimate of drug-likeness (QED) is 0.787. The molecule has 1 aromatic rings. The fourth-order valence-corrected chi connectivity index (χ4v) is 2.31. The lowest BCUT2D eigenvalue weighted by Gasteiger charge is -2.08. The van der Waals surface area contributed by atoms with Gasteiger partial charge in [0, 0.05) is 10.2 Å². The molecule has 2 N–H and O–H groups in total. The number of rotatable bonds is 2. The summed E-state index contributed by atoms with van der Waals surface area (Å²) in [5.41, 5.74) is 9.60. The van der Waals surface area contributed by atoms with Crippen LogP contribution in [-0.4, -0.2) is 0 Å². The van der Waals surface area contributed by atoms with Crippen LogP contribution >= 0.6 is 15.9 Å². The molecule has 0 aliphatic heterocycles. The monoisotopic (exact) mass is 239 g/mol. The van der Waals surface area contributed by atoms with Gasteiger partial charge in [0.05, 0.1) is 0 Å². The van der Waals surface area contributed by atoms with Gasteiger partial charge < -0.3 is 5.73 Å². The molecule has 1 aliphatic carbocycles. The Morgan fingerprint density at radius 1 is 1.46 bits per heavy atom. The molecular weight excluding hydrogens is 226 g/mol. The predicted molar refractivity (Wildman–Crippen MR) is 59.9 cm³/mol. The largest absolute Gasteiger partial charge is 0.398 e. The Morgan fingerprint density at radius 2 is 2.15 bits per heavy atom. The van der Waals surface area contributed by atoms with E-state index >= 15 is 0 Å². The first-order valence-electron chi connectivity index (χ1n) is 4.80. The van der Waals surface area contributed by atoms with E-state index in [1.165, 1.54) is 28.4 Å². The number of hydrogen-bond acceptors (Lipinski definition) is 1. The van der Waals surface area contributed by atoms with Gasteiger partial charge in [-0.05, 0) is 48.4 Å². The molecule has 1 aromatic carbocycles. The van der Waals surface area contributed by atoms with Crippen LogP contribution in [0, 0.1) is 0 Å². The van der Waals surface area contributed by atoms with Crippen LogP contribution in [0.15, 0.2) is 16.6 Å². The topological polar surface area (TPSA) is 26.0 Å². The Kier molecular flexibility index (Phi) is 2.33. The SMILES string of the molecule is CCc1cc(N)c(C2CC2)cc1Br. The number of hydrogen-bond donors (Lipinski definition) is 1. The van der Waals surface area contributed by atoms with Crippen LogP contribution < -0.4 is 5.73 Å². The molecule has 13 heavy (non-hydrogen) atoms. The van der Waals surface area contributed by atoms with Crippen molar-refractivity contribution in [1.29, 1.82) is 0 Å². The van der Waals surface area contributed by atoms with E-state index in [0.717, 1.165) is 18.0 Å². The standard InChI is InChI=1S/C11H14BrN/c1-2-7-5-11(13)9(6-10(7)12)8-3-4-8/h5-6,8H,2-4,13H2,1H3. The van der Waals surface area contributed by atoms with Crippen LogP contribution in [0.25, 0.3) is 0 Å². The first-order chi connectivity index (χ1) is 6.22. The molecule has 1 saturated carbocycles. The maximum Gasteiger partial charge on any atom is 0.0352 e. The first kappa shape index (κ1) is 9.07. The van der Waals surface area contributed by atoms with E-state index in [4.69, 9.17) is 5.73 Å². The van der Waals surface area contributed by atoms with Crippen LogP contribution in [0.4, 0.5) is 5.69 Å².